The zero-order valence-electron chi connectivity index (χ0n) is 14.1. The number of hydrogen-bond donors (Lipinski definition) is 1. The molecule has 0 aromatic heterocycles. The standard InChI is InChI=1S/C16H36NO3P/c1-3-5-7-9-11-13-15-19-21(17,18)20-16-14-12-10-8-6-4-2/h3-16H2,1-2H3,(H2,17,18). The number of unbranched alkanes of at least 4 members (excludes halogenated alkanes) is 10. The molecule has 0 rings (SSSR count). The molecule has 0 amide bonds. The van der Waals surface area contributed by atoms with Gasteiger partial charge in [0.15, 0.2) is 0 Å². The third-order valence-electron chi connectivity index (χ3n) is 3.54. The van der Waals surface area contributed by atoms with Gasteiger partial charge < -0.3 is 0 Å². The average Bonchev–Trinajstić information content (AvgIpc) is 2.45. The van der Waals surface area contributed by atoms with Crippen molar-refractivity contribution < 1.29 is 13.6 Å². The highest BCUT2D eigenvalue weighted by molar-refractivity contribution is 7.51. The van der Waals surface area contributed by atoms with E-state index < -0.39 is 7.75 Å². The topological polar surface area (TPSA) is 61.5 Å². The van der Waals surface area contributed by atoms with Gasteiger partial charge in [0.25, 0.3) is 0 Å². The monoisotopic (exact) mass is 321 g/mol. The summed E-state index contributed by atoms with van der Waals surface area (Å²) in [5, 5.41) is 0. The molecular weight excluding hydrogens is 285 g/mol. The van der Waals surface area contributed by atoms with Crippen LogP contribution in [0.15, 0.2) is 0 Å². The SMILES string of the molecule is CCCCCCCCOP(N)(=O)OCCCCCCCC. The van der Waals surface area contributed by atoms with E-state index in [1.54, 1.807) is 0 Å². The Morgan fingerprint density at radius 2 is 1.00 bits per heavy atom. The minimum atomic E-state index is -3.32. The van der Waals surface area contributed by atoms with E-state index >= 15 is 0 Å². The van der Waals surface area contributed by atoms with Crippen LogP contribution in [-0.4, -0.2) is 13.2 Å². The van der Waals surface area contributed by atoms with Crippen LogP contribution in [-0.2, 0) is 13.6 Å². The van der Waals surface area contributed by atoms with Gasteiger partial charge in [-0.15, -0.1) is 0 Å². The number of hydrogen-bond acceptors (Lipinski definition) is 3. The quantitative estimate of drug-likeness (QED) is 0.288. The first-order valence-corrected chi connectivity index (χ1v) is 10.4. The Morgan fingerprint density at radius 3 is 1.38 bits per heavy atom. The van der Waals surface area contributed by atoms with E-state index in [1.165, 1.54) is 51.4 Å². The van der Waals surface area contributed by atoms with Crippen molar-refractivity contribution in [2.24, 2.45) is 5.50 Å². The van der Waals surface area contributed by atoms with Crippen LogP contribution in [0.25, 0.3) is 0 Å². The van der Waals surface area contributed by atoms with Crippen molar-refractivity contribution in [3.8, 4) is 0 Å². The van der Waals surface area contributed by atoms with Gasteiger partial charge in [-0.25, -0.2) is 10.1 Å². The van der Waals surface area contributed by atoms with Gasteiger partial charge in [0.2, 0.25) is 0 Å². The largest absolute Gasteiger partial charge is 0.402 e. The van der Waals surface area contributed by atoms with E-state index in [4.69, 9.17) is 14.6 Å². The van der Waals surface area contributed by atoms with Crippen molar-refractivity contribution in [1.82, 2.24) is 0 Å². The molecule has 0 saturated carbocycles. The van der Waals surface area contributed by atoms with Crippen molar-refractivity contribution in [2.45, 2.75) is 90.9 Å². The average molecular weight is 321 g/mol. The minimum absolute atomic E-state index is 0.441. The summed E-state index contributed by atoms with van der Waals surface area (Å²) in [6.45, 7) is 5.29. The molecule has 21 heavy (non-hydrogen) atoms. The Morgan fingerprint density at radius 1 is 0.667 bits per heavy atom. The molecule has 2 N–H and O–H groups in total. The molecule has 5 heteroatoms. The highest BCUT2D eigenvalue weighted by Gasteiger charge is 2.17. The highest BCUT2D eigenvalue weighted by Crippen LogP contribution is 2.39. The normalized spacial score (nSPS) is 12.0. The Labute approximate surface area is 131 Å². The Bertz CT molecular complexity index is 240. The zero-order chi connectivity index (χ0) is 15.8. The van der Waals surface area contributed by atoms with Gasteiger partial charge in [0.1, 0.15) is 0 Å². The second kappa shape index (κ2) is 15.0. The maximum Gasteiger partial charge on any atom is 0.402 e. The molecule has 4 nitrogen and oxygen atoms in total. The second-order valence-corrected chi connectivity index (χ2v) is 7.34. The van der Waals surface area contributed by atoms with Gasteiger partial charge in [0, 0.05) is 0 Å². The molecule has 0 heterocycles. The summed E-state index contributed by atoms with van der Waals surface area (Å²) >= 11 is 0. The van der Waals surface area contributed by atoms with E-state index in [-0.39, 0.29) is 0 Å². The molecule has 0 aliphatic rings. The molecule has 0 aliphatic carbocycles. The molecule has 128 valence electrons. The van der Waals surface area contributed by atoms with Crippen molar-refractivity contribution in [3.63, 3.8) is 0 Å². The zero-order valence-corrected chi connectivity index (χ0v) is 15.0. The molecule has 0 fully saturated rings. The predicted molar refractivity (Wildman–Crippen MR) is 90.4 cm³/mol. The lowest BCUT2D eigenvalue weighted by atomic mass is 10.1. The maximum absolute atomic E-state index is 11.8. The molecule has 0 bridgehead atoms. The number of rotatable bonds is 16. The molecule has 0 saturated heterocycles. The smallest absolute Gasteiger partial charge is 0.297 e. The van der Waals surface area contributed by atoms with E-state index in [1.807, 2.05) is 0 Å². The van der Waals surface area contributed by atoms with E-state index in [2.05, 4.69) is 13.8 Å². The summed E-state index contributed by atoms with van der Waals surface area (Å²) in [4.78, 5) is 0. The summed E-state index contributed by atoms with van der Waals surface area (Å²) in [6, 6.07) is 0. The van der Waals surface area contributed by atoms with Crippen LogP contribution in [0.2, 0.25) is 0 Å². The van der Waals surface area contributed by atoms with Crippen molar-refractivity contribution >= 4 is 7.75 Å². The lowest BCUT2D eigenvalue weighted by molar-refractivity contribution is 0.198. The summed E-state index contributed by atoms with van der Waals surface area (Å²) in [5.41, 5.74) is 5.55. The lowest BCUT2D eigenvalue weighted by Gasteiger charge is -2.13. The van der Waals surface area contributed by atoms with E-state index in [0.717, 1.165) is 25.7 Å². The molecular formula is C16H36NO3P. The van der Waals surface area contributed by atoms with Crippen LogP contribution in [0.5, 0.6) is 0 Å². The molecule has 0 aromatic carbocycles. The first-order valence-electron chi connectivity index (χ1n) is 8.80. The number of nitrogens with two attached hydrogens (primary N) is 1. The predicted octanol–water partition coefficient (Wildman–Crippen LogP) is 5.81. The molecule has 0 radical (unpaired) electrons. The van der Waals surface area contributed by atoms with Gasteiger partial charge in [0.05, 0.1) is 13.2 Å². The third kappa shape index (κ3) is 16.3. The van der Waals surface area contributed by atoms with E-state index in [9.17, 15) is 4.57 Å². The molecule has 0 atom stereocenters. The molecule has 0 aromatic rings. The van der Waals surface area contributed by atoms with Gasteiger partial charge in [-0.2, -0.15) is 0 Å². The van der Waals surface area contributed by atoms with Crippen molar-refractivity contribution in [2.75, 3.05) is 13.2 Å². The maximum atomic E-state index is 11.8. The summed E-state index contributed by atoms with van der Waals surface area (Å²) in [7, 11) is -3.32. The van der Waals surface area contributed by atoms with Gasteiger partial charge >= 0.3 is 7.75 Å². The molecule has 0 spiro atoms. The molecule has 0 aliphatic heterocycles. The van der Waals surface area contributed by atoms with Crippen LogP contribution in [0.4, 0.5) is 0 Å². The van der Waals surface area contributed by atoms with Crippen molar-refractivity contribution in [1.29, 1.82) is 0 Å². The summed E-state index contributed by atoms with van der Waals surface area (Å²) in [5.74, 6) is 0. The van der Waals surface area contributed by atoms with Crippen molar-refractivity contribution in [3.05, 3.63) is 0 Å². The van der Waals surface area contributed by atoms with Crippen LogP contribution < -0.4 is 5.50 Å². The first kappa shape index (κ1) is 21.1. The second-order valence-electron chi connectivity index (χ2n) is 5.74. The van der Waals surface area contributed by atoms with Crippen LogP contribution in [0, 0.1) is 0 Å². The summed E-state index contributed by atoms with van der Waals surface area (Å²) < 4.78 is 22.2. The molecule has 0 unspecified atom stereocenters. The van der Waals surface area contributed by atoms with Crippen LogP contribution in [0.3, 0.4) is 0 Å². The fraction of sp³-hybridized carbons (Fsp3) is 1.00. The van der Waals surface area contributed by atoms with Gasteiger partial charge in [-0.3, -0.25) is 9.05 Å². The van der Waals surface area contributed by atoms with Crippen LogP contribution >= 0.6 is 7.75 Å². The van der Waals surface area contributed by atoms with Gasteiger partial charge in [-0.05, 0) is 12.8 Å². The van der Waals surface area contributed by atoms with E-state index in [0.29, 0.717) is 13.2 Å². The highest BCUT2D eigenvalue weighted by atomic mass is 31.2. The minimum Gasteiger partial charge on any atom is -0.297 e. The lowest BCUT2D eigenvalue weighted by Crippen LogP contribution is -2.06. The fourth-order valence-electron chi connectivity index (χ4n) is 2.19. The first-order chi connectivity index (χ1) is 10.1. The Hall–Kier alpha value is 0.110. The fourth-order valence-corrected chi connectivity index (χ4v) is 3.03. The van der Waals surface area contributed by atoms with Crippen LogP contribution in [0.1, 0.15) is 90.9 Å². The summed E-state index contributed by atoms with van der Waals surface area (Å²) in [6.07, 6.45) is 14.1. The third-order valence-corrected chi connectivity index (χ3v) is 4.62. The van der Waals surface area contributed by atoms with Gasteiger partial charge in [-0.1, -0.05) is 78.1 Å². The Balaban J connectivity index is 3.37. The Kier molecular flexibility index (Phi) is 15.1.